The quantitative estimate of drug-likeness (QED) is 0.763. The average molecular weight is 225 g/mol. The lowest BCUT2D eigenvalue weighted by molar-refractivity contribution is 0.668. The Bertz CT molecular complexity index is 456. The number of nitrogens with two attached hydrogens (primary N) is 1. The number of hydrogen-bond acceptors (Lipinski definition) is 3. The molecule has 0 amide bonds. The second-order valence-corrected chi connectivity index (χ2v) is 5.78. The Morgan fingerprint density at radius 2 is 2.00 bits per heavy atom. The van der Waals surface area contributed by atoms with Gasteiger partial charge in [-0.3, -0.25) is 0 Å². The van der Waals surface area contributed by atoms with E-state index < -0.39 is 9.92 Å². The van der Waals surface area contributed by atoms with Crippen LogP contribution in [0.15, 0.2) is 33.5 Å². The highest BCUT2D eigenvalue weighted by atomic mass is 32.2. The van der Waals surface area contributed by atoms with Gasteiger partial charge in [-0.15, -0.1) is 0 Å². The van der Waals surface area contributed by atoms with Gasteiger partial charge in [-0.1, -0.05) is 0 Å². The molecule has 0 saturated heterocycles. The molecule has 0 heterocycles. The van der Waals surface area contributed by atoms with Crippen LogP contribution >= 0.6 is 0 Å². The van der Waals surface area contributed by atoms with E-state index in [0.717, 1.165) is 12.8 Å². The van der Waals surface area contributed by atoms with Gasteiger partial charge in [0.15, 0.2) is 0 Å². The van der Waals surface area contributed by atoms with Gasteiger partial charge in [0.1, 0.15) is 9.92 Å². The summed E-state index contributed by atoms with van der Waals surface area (Å²) in [5.74, 6) is 0. The van der Waals surface area contributed by atoms with Crippen LogP contribution in [0.5, 0.6) is 0 Å². The zero-order valence-electron chi connectivity index (χ0n) is 8.64. The Hall–Kier alpha value is -1.07. The number of hydrogen-bond donors (Lipinski definition) is 2. The molecule has 0 spiro atoms. The molecule has 2 rings (SSSR count). The number of anilines is 1. The monoisotopic (exact) mass is 225 g/mol. The maximum Gasteiger partial charge on any atom is 0.137 e. The van der Waals surface area contributed by atoms with Gasteiger partial charge in [0.25, 0.3) is 0 Å². The van der Waals surface area contributed by atoms with Gasteiger partial charge in [-0.2, -0.15) is 0 Å². The Morgan fingerprint density at radius 3 is 2.47 bits per heavy atom. The molecular weight excluding hydrogens is 210 g/mol. The highest BCUT2D eigenvalue weighted by molar-refractivity contribution is 7.91. The number of nitrogens with zero attached hydrogens (tertiary/aromatic N) is 1. The summed E-state index contributed by atoms with van der Waals surface area (Å²) in [5, 5.41) is 0. The van der Waals surface area contributed by atoms with Crippen molar-refractivity contribution in [3.63, 3.8) is 0 Å². The molecule has 0 bridgehead atoms. The lowest BCUT2D eigenvalue weighted by atomic mass is 10.3. The summed E-state index contributed by atoms with van der Waals surface area (Å²) in [6.45, 7) is 0. The van der Waals surface area contributed by atoms with Crippen molar-refractivity contribution in [2.75, 3.05) is 12.8 Å². The summed E-state index contributed by atoms with van der Waals surface area (Å²) in [6, 6.07) is 7.28. The van der Waals surface area contributed by atoms with Crippen LogP contribution in [0.3, 0.4) is 0 Å². The van der Waals surface area contributed by atoms with Crippen molar-refractivity contribution < 1.29 is 4.21 Å². The second kappa shape index (κ2) is 3.83. The van der Waals surface area contributed by atoms with E-state index in [1.807, 2.05) is 0 Å². The Kier molecular flexibility index (Phi) is 2.67. The van der Waals surface area contributed by atoms with E-state index in [1.54, 1.807) is 31.3 Å². The van der Waals surface area contributed by atoms with Crippen molar-refractivity contribution in [3.8, 4) is 0 Å². The molecular formula is C10H15N3OS. The molecule has 1 unspecified atom stereocenters. The molecule has 3 N–H and O–H groups in total. The van der Waals surface area contributed by atoms with Gasteiger partial charge >= 0.3 is 0 Å². The van der Waals surface area contributed by atoms with Crippen molar-refractivity contribution in [1.29, 1.82) is 0 Å². The SMILES string of the molecule is CNS(=O)(=NC1CC1)c1ccc(N)cc1. The molecule has 1 saturated carbocycles. The molecule has 4 nitrogen and oxygen atoms in total. The number of rotatable bonds is 3. The molecule has 0 radical (unpaired) electrons. The fourth-order valence-electron chi connectivity index (χ4n) is 1.27. The highest BCUT2D eigenvalue weighted by Gasteiger charge is 2.24. The van der Waals surface area contributed by atoms with Crippen LogP contribution in [0.25, 0.3) is 0 Å². The summed E-state index contributed by atoms with van der Waals surface area (Å²) in [5.41, 5.74) is 6.25. The first-order chi connectivity index (χ1) is 7.14. The molecule has 1 fully saturated rings. The minimum absolute atomic E-state index is 0.266. The predicted octanol–water partition coefficient (Wildman–Crippen LogP) is 1.39. The molecule has 82 valence electrons. The standard InChI is InChI=1S/C10H15N3OS/c1-12-15(14,13-9-4-5-9)10-6-2-8(11)3-7-10/h2-3,6-7,9H,4-5,11H2,1H3,(H,12,13,14). The Balaban J connectivity index is 2.41. The highest BCUT2D eigenvalue weighted by Crippen LogP contribution is 2.27. The average Bonchev–Trinajstić information content (AvgIpc) is 3.02. The first-order valence-corrected chi connectivity index (χ1v) is 6.46. The second-order valence-electron chi connectivity index (χ2n) is 3.64. The Morgan fingerprint density at radius 1 is 1.40 bits per heavy atom. The van der Waals surface area contributed by atoms with Crippen LogP contribution < -0.4 is 10.5 Å². The lowest BCUT2D eigenvalue weighted by Gasteiger charge is -2.08. The Labute approximate surface area is 90.2 Å². The minimum atomic E-state index is -2.44. The van der Waals surface area contributed by atoms with E-state index in [0.29, 0.717) is 10.6 Å². The normalized spacial score (nSPS) is 19.5. The van der Waals surface area contributed by atoms with Crippen LogP contribution in [-0.2, 0) is 9.92 Å². The lowest BCUT2D eigenvalue weighted by Crippen LogP contribution is -2.19. The van der Waals surface area contributed by atoms with Gasteiger partial charge in [0.2, 0.25) is 0 Å². The van der Waals surface area contributed by atoms with Gasteiger partial charge in [0, 0.05) is 5.69 Å². The molecule has 1 aromatic carbocycles. The molecule has 1 aliphatic carbocycles. The van der Waals surface area contributed by atoms with Crippen LogP contribution in [0.2, 0.25) is 0 Å². The molecule has 0 aliphatic heterocycles. The fourth-order valence-corrected chi connectivity index (χ4v) is 2.87. The largest absolute Gasteiger partial charge is 0.399 e. The molecule has 1 aromatic rings. The topological polar surface area (TPSA) is 67.5 Å². The zero-order valence-corrected chi connectivity index (χ0v) is 9.46. The maximum atomic E-state index is 12.4. The summed E-state index contributed by atoms with van der Waals surface area (Å²) in [7, 11) is -0.769. The summed E-state index contributed by atoms with van der Waals surface area (Å²) >= 11 is 0. The summed E-state index contributed by atoms with van der Waals surface area (Å²) < 4.78 is 19.5. The van der Waals surface area contributed by atoms with Crippen molar-refractivity contribution in [1.82, 2.24) is 4.72 Å². The first-order valence-electron chi connectivity index (χ1n) is 4.94. The van der Waals surface area contributed by atoms with E-state index >= 15 is 0 Å². The predicted molar refractivity (Wildman–Crippen MR) is 61.8 cm³/mol. The van der Waals surface area contributed by atoms with Crippen molar-refractivity contribution in [3.05, 3.63) is 24.3 Å². The number of benzene rings is 1. The van der Waals surface area contributed by atoms with Crippen LogP contribution in [0, 0.1) is 0 Å². The van der Waals surface area contributed by atoms with Gasteiger partial charge in [-0.05, 0) is 44.2 Å². The molecule has 1 aliphatic rings. The molecule has 5 heteroatoms. The smallest absolute Gasteiger partial charge is 0.137 e. The molecule has 15 heavy (non-hydrogen) atoms. The molecule has 1 atom stereocenters. The van der Waals surface area contributed by atoms with Gasteiger partial charge in [-0.25, -0.2) is 13.3 Å². The molecule has 0 aromatic heterocycles. The van der Waals surface area contributed by atoms with E-state index in [4.69, 9.17) is 5.73 Å². The fraction of sp³-hybridized carbons (Fsp3) is 0.400. The van der Waals surface area contributed by atoms with Gasteiger partial charge < -0.3 is 5.73 Å². The van der Waals surface area contributed by atoms with E-state index in [-0.39, 0.29) is 6.04 Å². The third-order valence-corrected chi connectivity index (χ3v) is 4.38. The van der Waals surface area contributed by atoms with Crippen LogP contribution in [0.1, 0.15) is 12.8 Å². The van der Waals surface area contributed by atoms with Crippen molar-refractivity contribution >= 4 is 15.6 Å². The van der Waals surface area contributed by atoms with Crippen LogP contribution in [-0.4, -0.2) is 17.3 Å². The van der Waals surface area contributed by atoms with E-state index in [9.17, 15) is 4.21 Å². The number of nitrogen functional groups attached to an aromatic ring is 1. The van der Waals surface area contributed by atoms with Crippen molar-refractivity contribution in [2.24, 2.45) is 4.36 Å². The zero-order chi connectivity index (χ0) is 10.9. The number of nitrogens with one attached hydrogen (secondary N) is 1. The first kappa shape index (κ1) is 10.4. The third kappa shape index (κ3) is 2.30. The van der Waals surface area contributed by atoms with E-state index in [1.165, 1.54) is 0 Å². The third-order valence-electron chi connectivity index (χ3n) is 2.32. The van der Waals surface area contributed by atoms with E-state index in [2.05, 4.69) is 9.08 Å². The van der Waals surface area contributed by atoms with Crippen LogP contribution in [0.4, 0.5) is 5.69 Å². The summed E-state index contributed by atoms with van der Waals surface area (Å²) in [4.78, 5) is 0.700. The minimum Gasteiger partial charge on any atom is -0.399 e. The summed E-state index contributed by atoms with van der Waals surface area (Å²) in [6.07, 6.45) is 2.10. The maximum absolute atomic E-state index is 12.4. The van der Waals surface area contributed by atoms with Gasteiger partial charge in [0.05, 0.1) is 10.9 Å². The van der Waals surface area contributed by atoms with Crippen molar-refractivity contribution in [2.45, 2.75) is 23.8 Å².